The van der Waals surface area contributed by atoms with Gasteiger partial charge >= 0.3 is 0 Å². The predicted molar refractivity (Wildman–Crippen MR) is 88.6 cm³/mol. The molecule has 4 rings (SSSR count). The van der Waals surface area contributed by atoms with E-state index in [4.69, 9.17) is 4.74 Å². The summed E-state index contributed by atoms with van der Waals surface area (Å²) < 4.78 is 7.55. The molecular formula is C18H27N3O2. The zero-order chi connectivity index (χ0) is 15.6. The summed E-state index contributed by atoms with van der Waals surface area (Å²) in [6.45, 7) is 5.11. The van der Waals surface area contributed by atoms with E-state index < -0.39 is 0 Å². The Morgan fingerprint density at radius 1 is 1.13 bits per heavy atom. The van der Waals surface area contributed by atoms with Gasteiger partial charge in [-0.2, -0.15) is 0 Å². The van der Waals surface area contributed by atoms with Crippen LogP contribution in [0.2, 0.25) is 0 Å². The van der Waals surface area contributed by atoms with Crippen molar-refractivity contribution in [3.05, 3.63) is 28.4 Å². The lowest BCUT2D eigenvalue weighted by molar-refractivity contribution is 0.0583. The van der Waals surface area contributed by atoms with E-state index in [0.29, 0.717) is 17.9 Å². The van der Waals surface area contributed by atoms with Crippen LogP contribution in [0.3, 0.4) is 0 Å². The molecule has 2 saturated heterocycles. The predicted octanol–water partition coefficient (Wildman–Crippen LogP) is 2.01. The number of nitrogens with zero attached hydrogens (tertiary/aromatic N) is 3. The Bertz CT molecular complexity index is 582. The van der Waals surface area contributed by atoms with Crippen LogP contribution in [0, 0.1) is 5.92 Å². The highest BCUT2D eigenvalue weighted by atomic mass is 16.5. The summed E-state index contributed by atoms with van der Waals surface area (Å²) >= 11 is 0. The summed E-state index contributed by atoms with van der Waals surface area (Å²) in [6.07, 6.45) is 9.39. The molecule has 0 amide bonds. The SMILES string of the molecule is O=c1cc(C2CC2)ncn1CC1CCN(CC2CCCO2)CC1. The molecule has 1 aliphatic carbocycles. The van der Waals surface area contributed by atoms with Crippen LogP contribution in [0.1, 0.15) is 50.1 Å². The minimum absolute atomic E-state index is 0.128. The van der Waals surface area contributed by atoms with Gasteiger partial charge in [-0.15, -0.1) is 0 Å². The second-order valence-corrected chi connectivity index (χ2v) is 7.46. The zero-order valence-corrected chi connectivity index (χ0v) is 13.8. The molecule has 5 nitrogen and oxygen atoms in total. The van der Waals surface area contributed by atoms with Gasteiger partial charge in [-0.25, -0.2) is 4.98 Å². The Kier molecular flexibility index (Phi) is 4.49. The van der Waals surface area contributed by atoms with Gasteiger partial charge in [-0.05, 0) is 57.5 Å². The number of hydrogen-bond donors (Lipinski definition) is 0. The molecule has 1 atom stereocenters. The third kappa shape index (κ3) is 3.83. The molecule has 1 saturated carbocycles. The average Bonchev–Trinajstić information content (AvgIpc) is 3.29. The number of aromatic nitrogens is 2. The van der Waals surface area contributed by atoms with E-state index in [1.807, 2.05) is 4.57 Å². The number of ether oxygens (including phenoxy) is 1. The van der Waals surface area contributed by atoms with Gasteiger partial charge in [0.25, 0.3) is 5.56 Å². The third-order valence-corrected chi connectivity index (χ3v) is 5.54. The molecule has 126 valence electrons. The van der Waals surface area contributed by atoms with Gasteiger partial charge in [-0.3, -0.25) is 9.36 Å². The fraction of sp³-hybridized carbons (Fsp3) is 0.778. The Balaban J connectivity index is 1.28. The molecule has 5 heteroatoms. The molecule has 3 aliphatic rings. The minimum atomic E-state index is 0.128. The lowest BCUT2D eigenvalue weighted by atomic mass is 9.96. The van der Waals surface area contributed by atoms with Crippen molar-refractivity contribution < 1.29 is 4.74 Å². The first kappa shape index (κ1) is 15.3. The van der Waals surface area contributed by atoms with Crippen molar-refractivity contribution in [2.24, 2.45) is 5.92 Å². The monoisotopic (exact) mass is 317 g/mol. The van der Waals surface area contributed by atoms with Crippen LogP contribution in [-0.2, 0) is 11.3 Å². The van der Waals surface area contributed by atoms with Crippen LogP contribution < -0.4 is 5.56 Å². The lowest BCUT2D eigenvalue weighted by Crippen LogP contribution is -2.40. The third-order valence-electron chi connectivity index (χ3n) is 5.54. The van der Waals surface area contributed by atoms with Crippen LogP contribution in [-0.4, -0.2) is 46.8 Å². The molecule has 0 spiro atoms. The van der Waals surface area contributed by atoms with Gasteiger partial charge in [0.2, 0.25) is 0 Å². The summed E-state index contributed by atoms with van der Waals surface area (Å²) in [5, 5.41) is 0. The molecule has 1 aromatic heterocycles. The highest BCUT2D eigenvalue weighted by Crippen LogP contribution is 2.38. The lowest BCUT2D eigenvalue weighted by Gasteiger charge is -2.33. The van der Waals surface area contributed by atoms with Crippen molar-refractivity contribution in [3.63, 3.8) is 0 Å². The highest BCUT2D eigenvalue weighted by molar-refractivity contribution is 5.12. The van der Waals surface area contributed by atoms with E-state index in [9.17, 15) is 4.79 Å². The van der Waals surface area contributed by atoms with Gasteiger partial charge in [-0.1, -0.05) is 0 Å². The number of piperidine rings is 1. The summed E-state index contributed by atoms with van der Waals surface area (Å²) in [5.74, 6) is 1.15. The molecule has 3 fully saturated rings. The molecule has 1 unspecified atom stereocenters. The van der Waals surface area contributed by atoms with Gasteiger partial charge in [0, 0.05) is 31.7 Å². The molecule has 0 N–H and O–H groups in total. The van der Waals surface area contributed by atoms with Crippen LogP contribution in [0.25, 0.3) is 0 Å². The Morgan fingerprint density at radius 2 is 1.96 bits per heavy atom. The maximum absolute atomic E-state index is 12.2. The number of likely N-dealkylation sites (tertiary alicyclic amines) is 1. The quantitative estimate of drug-likeness (QED) is 0.833. The first-order valence-electron chi connectivity index (χ1n) is 9.18. The van der Waals surface area contributed by atoms with E-state index >= 15 is 0 Å². The number of rotatable bonds is 5. The second kappa shape index (κ2) is 6.73. The first-order chi connectivity index (χ1) is 11.3. The van der Waals surface area contributed by atoms with Crippen molar-refractivity contribution in [1.29, 1.82) is 0 Å². The van der Waals surface area contributed by atoms with Gasteiger partial charge in [0.1, 0.15) is 0 Å². The van der Waals surface area contributed by atoms with Gasteiger partial charge < -0.3 is 9.64 Å². The normalized spacial score (nSPS) is 26.7. The van der Waals surface area contributed by atoms with Crippen LogP contribution in [0.15, 0.2) is 17.2 Å². The van der Waals surface area contributed by atoms with Crippen LogP contribution in [0.5, 0.6) is 0 Å². The molecule has 0 aromatic carbocycles. The average molecular weight is 317 g/mol. The van der Waals surface area contributed by atoms with Crippen molar-refractivity contribution in [2.45, 2.75) is 57.1 Å². The maximum atomic E-state index is 12.2. The summed E-state index contributed by atoms with van der Waals surface area (Å²) in [7, 11) is 0. The smallest absolute Gasteiger partial charge is 0.253 e. The Labute approximate surface area is 137 Å². The minimum Gasteiger partial charge on any atom is -0.377 e. The maximum Gasteiger partial charge on any atom is 0.253 e. The van der Waals surface area contributed by atoms with Crippen LogP contribution in [0.4, 0.5) is 0 Å². The Morgan fingerprint density at radius 3 is 2.61 bits per heavy atom. The molecule has 1 aromatic rings. The molecule has 2 aliphatic heterocycles. The van der Waals surface area contributed by atoms with E-state index in [0.717, 1.165) is 38.5 Å². The van der Waals surface area contributed by atoms with E-state index in [1.54, 1.807) is 12.4 Å². The zero-order valence-electron chi connectivity index (χ0n) is 13.8. The summed E-state index contributed by atoms with van der Waals surface area (Å²) in [5.41, 5.74) is 1.13. The first-order valence-corrected chi connectivity index (χ1v) is 9.18. The van der Waals surface area contributed by atoms with E-state index in [-0.39, 0.29) is 5.56 Å². The molecule has 0 bridgehead atoms. The number of hydrogen-bond acceptors (Lipinski definition) is 4. The molecular weight excluding hydrogens is 290 g/mol. The largest absolute Gasteiger partial charge is 0.377 e. The van der Waals surface area contributed by atoms with Crippen molar-refractivity contribution in [3.8, 4) is 0 Å². The van der Waals surface area contributed by atoms with Crippen LogP contribution >= 0.6 is 0 Å². The fourth-order valence-corrected chi connectivity index (χ4v) is 3.89. The summed E-state index contributed by atoms with van der Waals surface area (Å²) in [6, 6.07) is 1.75. The molecule has 3 heterocycles. The topological polar surface area (TPSA) is 47.4 Å². The van der Waals surface area contributed by atoms with Crippen molar-refractivity contribution in [2.75, 3.05) is 26.2 Å². The van der Waals surface area contributed by atoms with Crippen molar-refractivity contribution in [1.82, 2.24) is 14.5 Å². The second-order valence-electron chi connectivity index (χ2n) is 7.46. The molecule has 0 radical (unpaired) electrons. The molecule has 23 heavy (non-hydrogen) atoms. The van der Waals surface area contributed by atoms with E-state index in [2.05, 4.69) is 9.88 Å². The van der Waals surface area contributed by atoms with E-state index in [1.165, 1.54) is 38.5 Å². The fourth-order valence-electron chi connectivity index (χ4n) is 3.89. The standard InChI is InChI=1S/C18H27N3O2/c22-18-10-17(15-3-4-15)19-13-21(18)11-14-5-7-20(8-6-14)12-16-2-1-9-23-16/h10,13-16H,1-9,11-12H2. The highest BCUT2D eigenvalue weighted by Gasteiger charge is 2.26. The summed E-state index contributed by atoms with van der Waals surface area (Å²) in [4.78, 5) is 19.3. The Hall–Kier alpha value is -1.20. The van der Waals surface area contributed by atoms with Crippen molar-refractivity contribution >= 4 is 0 Å². The van der Waals surface area contributed by atoms with Gasteiger partial charge in [0.05, 0.1) is 18.1 Å². The van der Waals surface area contributed by atoms with Gasteiger partial charge in [0.15, 0.2) is 0 Å².